The Kier molecular flexibility index (Phi) is 7.59. The summed E-state index contributed by atoms with van der Waals surface area (Å²) in [6.45, 7) is 2.54. The molecule has 0 bridgehead atoms. The molecule has 0 aliphatic heterocycles. The highest BCUT2D eigenvalue weighted by Crippen LogP contribution is 2.30. The second-order valence-electron chi connectivity index (χ2n) is 4.57. The molecule has 0 saturated heterocycles. The summed E-state index contributed by atoms with van der Waals surface area (Å²) in [6, 6.07) is 5.50. The summed E-state index contributed by atoms with van der Waals surface area (Å²) in [4.78, 5) is 16.3. The second-order valence-corrected chi connectivity index (χ2v) is 6.24. The van der Waals surface area contributed by atoms with Crippen LogP contribution in [0.25, 0.3) is 10.6 Å². The Morgan fingerprint density at radius 2 is 2.09 bits per heavy atom. The SMILES string of the molecule is CNC(C)CNC(=O)c1csc(-c2ccc(Cl)c(Cl)c2)n1.Cl. The molecule has 4 nitrogen and oxygen atoms in total. The summed E-state index contributed by atoms with van der Waals surface area (Å²) >= 11 is 13.3. The van der Waals surface area contributed by atoms with E-state index in [1.165, 1.54) is 11.3 Å². The lowest BCUT2D eigenvalue weighted by Gasteiger charge is -2.10. The second kappa shape index (κ2) is 8.70. The molecule has 8 heteroatoms. The van der Waals surface area contributed by atoms with Crippen LogP contribution in [0, 0.1) is 0 Å². The number of hydrogen-bond donors (Lipinski definition) is 2. The normalized spacial score (nSPS) is 11.6. The molecule has 0 spiro atoms. The highest BCUT2D eigenvalue weighted by atomic mass is 35.5. The van der Waals surface area contributed by atoms with E-state index in [1.807, 2.05) is 20.0 Å². The molecule has 0 fully saturated rings. The zero-order valence-electron chi connectivity index (χ0n) is 12.0. The van der Waals surface area contributed by atoms with Crippen LogP contribution in [0.3, 0.4) is 0 Å². The van der Waals surface area contributed by atoms with Crippen LogP contribution in [-0.2, 0) is 0 Å². The van der Waals surface area contributed by atoms with E-state index >= 15 is 0 Å². The minimum atomic E-state index is -0.181. The standard InChI is InChI=1S/C14H15Cl2N3OS.ClH/c1-8(17-2)6-18-13(20)12-7-21-14(19-12)9-3-4-10(15)11(16)5-9;/h3-5,7-8,17H,6H2,1-2H3,(H,18,20);1H. The van der Waals surface area contributed by atoms with Gasteiger partial charge in [-0.25, -0.2) is 4.98 Å². The van der Waals surface area contributed by atoms with Crippen molar-refractivity contribution in [3.05, 3.63) is 39.3 Å². The van der Waals surface area contributed by atoms with Crippen molar-refractivity contribution < 1.29 is 4.79 Å². The summed E-state index contributed by atoms with van der Waals surface area (Å²) < 4.78 is 0. The number of carbonyl (C=O) groups is 1. The molecule has 2 N–H and O–H groups in total. The lowest BCUT2D eigenvalue weighted by atomic mass is 10.2. The van der Waals surface area contributed by atoms with Gasteiger partial charge in [-0.15, -0.1) is 23.7 Å². The summed E-state index contributed by atoms with van der Waals surface area (Å²) in [7, 11) is 1.85. The Bertz CT molecular complexity index is 648. The molecule has 22 heavy (non-hydrogen) atoms. The van der Waals surface area contributed by atoms with Gasteiger partial charge in [0.05, 0.1) is 10.0 Å². The molecule has 120 valence electrons. The topological polar surface area (TPSA) is 54.0 Å². The van der Waals surface area contributed by atoms with Gasteiger partial charge in [-0.2, -0.15) is 0 Å². The van der Waals surface area contributed by atoms with Crippen LogP contribution in [0.4, 0.5) is 0 Å². The molecular formula is C14H16Cl3N3OS. The maximum atomic E-state index is 12.0. The van der Waals surface area contributed by atoms with Gasteiger partial charge in [0.25, 0.3) is 5.91 Å². The first-order valence-corrected chi connectivity index (χ1v) is 8.01. The van der Waals surface area contributed by atoms with Crippen molar-refractivity contribution in [3.63, 3.8) is 0 Å². The van der Waals surface area contributed by atoms with E-state index < -0.39 is 0 Å². The average Bonchev–Trinajstić information content (AvgIpc) is 2.97. The predicted molar refractivity (Wildman–Crippen MR) is 95.7 cm³/mol. The smallest absolute Gasteiger partial charge is 0.270 e. The molecular weight excluding hydrogens is 365 g/mol. The number of amides is 1. The molecule has 0 aliphatic carbocycles. The number of nitrogens with zero attached hydrogens (tertiary/aromatic N) is 1. The van der Waals surface area contributed by atoms with Gasteiger partial charge in [0.15, 0.2) is 0 Å². The molecule has 2 rings (SSSR count). The largest absolute Gasteiger partial charge is 0.349 e. The van der Waals surface area contributed by atoms with Crippen molar-refractivity contribution in [2.45, 2.75) is 13.0 Å². The number of carbonyl (C=O) groups excluding carboxylic acids is 1. The Balaban J connectivity index is 0.00000242. The number of benzene rings is 1. The quantitative estimate of drug-likeness (QED) is 0.827. The zero-order valence-corrected chi connectivity index (χ0v) is 15.2. The van der Waals surface area contributed by atoms with Gasteiger partial charge < -0.3 is 10.6 Å². The minimum Gasteiger partial charge on any atom is -0.349 e. The molecule has 2 aromatic rings. The fraction of sp³-hybridized carbons (Fsp3) is 0.286. The van der Waals surface area contributed by atoms with Gasteiger partial charge in [0, 0.05) is 23.5 Å². The summed E-state index contributed by atoms with van der Waals surface area (Å²) in [5.74, 6) is -0.181. The lowest BCUT2D eigenvalue weighted by Crippen LogP contribution is -2.37. The first kappa shape index (κ1) is 19.2. The van der Waals surface area contributed by atoms with Crippen molar-refractivity contribution in [1.29, 1.82) is 0 Å². The van der Waals surface area contributed by atoms with Crippen LogP contribution in [0.1, 0.15) is 17.4 Å². The Morgan fingerprint density at radius 1 is 1.36 bits per heavy atom. The summed E-state index contributed by atoms with van der Waals surface area (Å²) in [5, 5.41) is 9.32. The molecule has 1 aromatic carbocycles. The van der Waals surface area contributed by atoms with Gasteiger partial charge in [0.2, 0.25) is 0 Å². The molecule has 1 atom stereocenters. The van der Waals surface area contributed by atoms with Gasteiger partial charge in [-0.1, -0.05) is 29.3 Å². The number of thiazole rings is 1. The third-order valence-corrected chi connectivity index (χ3v) is 4.60. The van der Waals surface area contributed by atoms with Crippen LogP contribution in [0.15, 0.2) is 23.6 Å². The molecule has 1 aromatic heterocycles. The van der Waals surface area contributed by atoms with E-state index in [4.69, 9.17) is 23.2 Å². The van der Waals surface area contributed by atoms with Crippen molar-refractivity contribution in [2.75, 3.05) is 13.6 Å². The molecule has 1 heterocycles. The average molecular weight is 381 g/mol. The fourth-order valence-corrected chi connectivity index (χ4v) is 2.67. The number of hydrogen-bond acceptors (Lipinski definition) is 4. The summed E-state index contributed by atoms with van der Waals surface area (Å²) in [6.07, 6.45) is 0. The van der Waals surface area contributed by atoms with Crippen LogP contribution >= 0.6 is 46.9 Å². The zero-order chi connectivity index (χ0) is 15.4. The first-order chi connectivity index (χ1) is 10.0. The van der Waals surface area contributed by atoms with E-state index in [2.05, 4.69) is 15.6 Å². The van der Waals surface area contributed by atoms with Crippen molar-refractivity contribution in [2.24, 2.45) is 0 Å². The maximum Gasteiger partial charge on any atom is 0.270 e. The fourth-order valence-electron chi connectivity index (χ4n) is 1.58. The molecule has 0 aliphatic rings. The Hall–Kier alpha value is -0.850. The van der Waals surface area contributed by atoms with E-state index in [9.17, 15) is 4.79 Å². The van der Waals surface area contributed by atoms with Crippen molar-refractivity contribution >= 4 is 52.9 Å². The van der Waals surface area contributed by atoms with Crippen molar-refractivity contribution in [3.8, 4) is 10.6 Å². The van der Waals surface area contributed by atoms with E-state index in [0.717, 1.165) is 10.6 Å². The molecule has 1 amide bonds. The van der Waals surface area contributed by atoms with E-state index in [1.54, 1.807) is 17.5 Å². The van der Waals surface area contributed by atoms with Gasteiger partial charge in [-0.05, 0) is 26.1 Å². The highest BCUT2D eigenvalue weighted by Gasteiger charge is 2.13. The monoisotopic (exact) mass is 379 g/mol. The van der Waals surface area contributed by atoms with Gasteiger partial charge >= 0.3 is 0 Å². The highest BCUT2D eigenvalue weighted by molar-refractivity contribution is 7.13. The van der Waals surface area contributed by atoms with Crippen LogP contribution < -0.4 is 10.6 Å². The number of aromatic nitrogens is 1. The number of nitrogens with one attached hydrogen (secondary N) is 2. The molecule has 1 unspecified atom stereocenters. The van der Waals surface area contributed by atoms with Crippen molar-refractivity contribution in [1.82, 2.24) is 15.6 Å². The van der Waals surface area contributed by atoms with E-state index in [-0.39, 0.29) is 24.4 Å². The lowest BCUT2D eigenvalue weighted by molar-refractivity contribution is 0.0946. The number of likely N-dealkylation sites (N-methyl/N-ethyl adjacent to an activating group) is 1. The van der Waals surface area contributed by atoms with Crippen LogP contribution in [0.5, 0.6) is 0 Å². The van der Waals surface area contributed by atoms with E-state index in [0.29, 0.717) is 22.3 Å². The number of rotatable bonds is 5. The molecule has 0 saturated carbocycles. The summed E-state index contributed by atoms with van der Waals surface area (Å²) in [5.41, 5.74) is 1.25. The van der Waals surface area contributed by atoms with Gasteiger partial charge in [0.1, 0.15) is 10.7 Å². The van der Waals surface area contributed by atoms with Gasteiger partial charge in [-0.3, -0.25) is 4.79 Å². The Morgan fingerprint density at radius 3 is 2.73 bits per heavy atom. The third-order valence-electron chi connectivity index (χ3n) is 2.96. The van der Waals surface area contributed by atoms with Crippen LogP contribution in [-0.4, -0.2) is 30.5 Å². The predicted octanol–water partition coefficient (Wildman–Crippen LogP) is 3.88. The molecule has 0 radical (unpaired) electrons. The minimum absolute atomic E-state index is 0. The Labute approximate surface area is 149 Å². The third kappa shape index (κ3) is 4.83. The van der Waals surface area contributed by atoms with Crippen LogP contribution in [0.2, 0.25) is 10.0 Å². The first-order valence-electron chi connectivity index (χ1n) is 6.37. The maximum absolute atomic E-state index is 12.0. The number of halogens is 3.